The standard InChI is InChI=1S/C26H25N3O2/c1-17-9-11-19(12-10-17)23-24(27-22-8-6-5-7-18(22)2)26(31)29(25(23)30)21-15-13-20(14-16-21)28(3)4/h5-16,27H,1-4H3. The van der Waals surface area contributed by atoms with E-state index in [1.807, 2.05) is 93.5 Å². The van der Waals surface area contributed by atoms with Crippen molar-refractivity contribution in [2.45, 2.75) is 13.8 Å². The number of rotatable bonds is 5. The van der Waals surface area contributed by atoms with E-state index in [1.165, 1.54) is 4.90 Å². The molecule has 3 aromatic rings. The molecular weight excluding hydrogens is 386 g/mol. The molecular formula is C26H25N3O2. The molecule has 1 N–H and O–H groups in total. The molecule has 0 fully saturated rings. The minimum absolute atomic E-state index is 0.292. The van der Waals surface area contributed by atoms with Crippen LogP contribution in [0.2, 0.25) is 0 Å². The Labute approximate surface area is 182 Å². The Hall–Kier alpha value is -3.86. The van der Waals surface area contributed by atoms with E-state index in [4.69, 9.17) is 0 Å². The van der Waals surface area contributed by atoms with Gasteiger partial charge in [0.25, 0.3) is 11.8 Å². The molecule has 1 heterocycles. The summed E-state index contributed by atoms with van der Waals surface area (Å²) >= 11 is 0. The van der Waals surface area contributed by atoms with Crippen LogP contribution in [0.15, 0.2) is 78.5 Å². The third-order valence-electron chi connectivity index (χ3n) is 5.45. The molecule has 0 unspecified atom stereocenters. The molecule has 3 aromatic carbocycles. The lowest BCUT2D eigenvalue weighted by molar-refractivity contribution is -0.120. The fourth-order valence-electron chi connectivity index (χ4n) is 3.62. The first-order chi connectivity index (χ1) is 14.9. The van der Waals surface area contributed by atoms with Gasteiger partial charge in [-0.1, -0.05) is 48.0 Å². The van der Waals surface area contributed by atoms with Crippen molar-refractivity contribution < 1.29 is 9.59 Å². The number of para-hydroxylation sites is 1. The fraction of sp³-hybridized carbons (Fsp3) is 0.154. The van der Waals surface area contributed by atoms with E-state index in [-0.39, 0.29) is 11.8 Å². The Morgan fingerprint density at radius 2 is 1.42 bits per heavy atom. The van der Waals surface area contributed by atoms with Crippen LogP contribution in [0.1, 0.15) is 16.7 Å². The summed E-state index contributed by atoms with van der Waals surface area (Å²) in [5, 5.41) is 3.24. The van der Waals surface area contributed by atoms with Gasteiger partial charge >= 0.3 is 0 Å². The van der Waals surface area contributed by atoms with Gasteiger partial charge in [0.05, 0.1) is 11.3 Å². The van der Waals surface area contributed by atoms with E-state index >= 15 is 0 Å². The summed E-state index contributed by atoms with van der Waals surface area (Å²) in [4.78, 5) is 30.2. The van der Waals surface area contributed by atoms with Gasteiger partial charge in [-0.2, -0.15) is 0 Å². The molecule has 0 saturated heterocycles. The lowest BCUT2D eigenvalue weighted by atomic mass is 10.0. The molecule has 156 valence electrons. The van der Waals surface area contributed by atoms with Crippen molar-refractivity contribution in [1.29, 1.82) is 0 Å². The molecule has 5 heteroatoms. The number of nitrogens with zero attached hydrogens (tertiary/aromatic N) is 2. The summed E-state index contributed by atoms with van der Waals surface area (Å²) in [5.74, 6) is -0.691. The number of carbonyl (C=O) groups excluding carboxylic acids is 2. The van der Waals surface area contributed by atoms with E-state index in [0.29, 0.717) is 22.5 Å². The highest BCUT2D eigenvalue weighted by atomic mass is 16.2. The third kappa shape index (κ3) is 3.82. The number of anilines is 3. The zero-order chi connectivity index (χ0) is 22.1. The summed E-state index contributed by atoms with van der Waals surface area (Å²) in [7, 11) is 3.89. The quantitative estimate of drug-likeness (QED) is 0.615. The number of benzene rings is 3. The highest BCUT2D eigenvalue weighted by molar-refractivity contribution is 6.46. The number of amides is 2. The number of hydrogen-bond acceptors (Lipinski definition) is 4. The second-order valence-corrected chi connectivity index (χ2v) is 7.91. The highest BCUT2D eigenvalue weighted by Gasteiger charge is 2.40. The average molecular weight is 412 g/mol. The predicted molar refractivity (Wildman–Crippen MR) is 126 cm³/mol. The molecule has 0 radical (unpaired) electrons. The van der Waals surface area contributed by atoms with Gasteiger partial charge in [-0.15, -0.1) is 0 Å². The van der Waals surface area contributed by atoms with Gasteiger partial charge in [-0.25, -0.2) is 4.90 Å². The molecule has 0 aromatic heterocycles. The molecule has 5 nitrogen and oxygen atoms in total. The van der Waals surface area contributed by atoms with E-state index in [2.05, 4.69) is 5.32 Å². The van der Waals surface area contributed by atoms with Crippen molar-refractivity contribution in [1.82, 2.24) is 0 Å². The molecule has 0 aliphatic carbocycles. The van der Waals surface area contributed by atoms with Crippen molar-refractivity contribution in [2.75, 3.05) is 29.2 Å². The Bertz CT molecular complexity index is 1180. The molecule has 0 bridgehead atoms. The van der Waals surface area contributed by atoms with Crippen LogP contribution in [0.3, 0.4) is 0 Å². The van der Waals surface area contributed by atoms with Crippen LogP contribution in [0.4, 0.5) is 17.1 Å². The number of carbonyl (C=O) groups is 2. The van der Waals surface area contributed by atoms with Crippen molar-refractivity contribution in [2.24, 2.45) is 0 Å². The van der Waals surface area contributed by atoms with Crippen LogP contribution < -0.4 is 15.1 Å². The Morgan fingerprint density at radius 1 is 0.774 bits per heavy atom. The first kappa shape index (κ1) is 20.4. The largest absolute Gasteiger partial charge is 0.378 e. The van der Waals surface area contributed by atoms with Gasteiger partial charge in [-0.05, 0) is 55.3 Å². The number of hydrogen-bond donors (Lipinski definition) is 1. The van der Waals surface area contributed by atoms with Crippen molar-refractivity contribution in [3.05, 3.63) is 95.2 Å². The average Bonchev–Trinajstić information content (AvgIpc) is 3.00. The number of aryl methyl sites for hydroxylation is 2. The van der Waals surface area contributed by atoms with Gasteiger partial charge < -0.3 is 10.2 Å². The molecule has 0 atom stereocenters. The minimum atomic E-state index is -0.360. The van der Waals surface area contributed by atoms with E-state index in [0.717, 1.165) is 22.5 Å². The van der Waals surface area contributed by atoms with Crippen molar-refractivity contribution >= 4 is 34.4 Å². The topological polar surface area (TPSA) is 52.7 Å². The van der Waals surface area contributed by atoms with Gasteiger partial charge in [0.2, 0.25) is 0 Å². The monoisotopic (exact) mass is 411 g/mol. The van der Waals surface area contributed by atoms with Crippen LogP contribution in [-0.2, 0) is 9.59 Å². The van der Waals surface area contributed by atoms with E-state index in [9.17, 15) is 9.59 Å². The van der Waals surface area contributed by atoms with Crippen LogP contribution in [0.5, 0.6) is 0 Å². The van der Waals surface area contributed by atoms with Crippen LogP contribution in [-0.4, -0.2) is 25.9 Å². The lowest BCUT2D eigenvalue weighted by Gasteiger charge is -2.18. The van der Waals surface area contributed by atoms with Gasteiger partial charge in [0, 0.05) is 25.5 Å². The Kier molecular flexibility index (Phi) is 5.34. The molecule has 2 amide bonds. The molecule has 31 heavy (non-hydrogen) atoms. The molecule has 1 aliphatic rings. The second kappa shape index (κ2) is 8.11. The van der Waals surface area contributed by atoms with Crippen LogP contribution >= 0.6 is 0 Å². The summed E-state index contributed by atoms with van der Waals surface area (Å²) in [6.07, 6.45) is 0. The SMILES string of the molecule is Cc1ccc(C2=C(Nc3ccccc3C)C(=O)N(c3ccc(N(C)C)cc3)C2=O)cc1. The fourth-order valence-corrected chi connectivity index (χ4v) is 3.62. The highest BCUT2D eigenvalue weighted by Crippen LogP contribution is 2.34. The minimum Gasteiger partial charge on any atom is -0.378 e. The van der Waals surface area contributed by atoms with Crippen LogP contribution in [0.25, 0.3) is 5.57 Å². The van der Waals surface area contributed by atoms with E-state index in [1.54, 1.807) is 12.1 Å². The zero-order valence-electron chi connectivity index (χ0n) is 18.1. The maximum Gasteiger partial charge on any atom is 0.282 e. The Balaban J connectivity index is 1.80. The molecule has 0 saturated carbocycles. The van der Waals surface area contributed by atoms with E-state index < -0.39 is 0 Å². The zero-order valence-corrected chi connectivity index (χ0v) is 18.1. The number of nitrogens with one attached hydrogen (secondary N) is 1. The third-order valence-corrected chi connectivity index (χ3v) is 5.45. The summed E-state index contributed by atoms with van der Waals surface area (Å²) in [5.41, 5.74) is 5.81. The molecule has 4 rings (SSSR count). The van der Waals surface area contributed by atoms with Gasteiger partial charge in [0.15, 0.2) is 0 Å². The van der Waals surface area contributed by atoms with Crippen molar-refractivity contribution in [3.8, 4) is 0 Å². The summed E-state index contributed by atoms with van der Waals surface area (Å²) in [6, 6.07) is 22.8. The maximum absolute atomic E-state index is 13.5. The summed E-state index contributed by atoms with van der Waals surface area (Å²) < 4.78 is 0. The second-order valence-electron chi connectivity index (χ2n) is 7.91. The Morgan fingerprint density at radius 3 is 2.03 bits per heavy atom. The van der Waals surface area contributed by atoms with Gasteiger partial charge in [-0.3, -0.25) is 9.59 Å². The van der Waals surface area contributed by atoms with Crippen molar-refractivity contribution in [3.63, 3.8) is 0 Å². The smallest absolute Gasteiger partial charge is 0.282 e. The number of imide groups is 1. The predicted octanol–water partition coefficient (Wildman–Crippen LogP) is 4.77. The first-order valence-corrected chi connectivity index (χ1v) is 10.2. The van der Waals surface area contributed by atoms with Gasteiger partial charge in [0.1, 0.15) is 5.70 Å². The first-order valence-electron chi connectivity index (χ1n) is 10.2. The molecule has 0 spiro atoms. The normalized spacial score (nSPS) is 13.7. The molecule has 1 aliphatic heterocycles. The van der Waals surface area contributed by atoms with Crippen LogP contribution in [0, 0.1) is 13.8 Å². The maximum atomic E-state index is 13.5. The summed E-state index contributed by atoms with van der Waals surface area (Å²) in [6.45, 7) is 3.96. The lowest BCUT2D eigenvalue weighted by Crippen LogP contribution is -2.32.